The van der Waals surface area contributed by atoms with Crippen molar-refractivity contribution in [3.63, 3.8) is 0 Å². The van der Waals surface area contributed by atoms with Gasteiger partial charge in [0.25, 0.3) is 5.91 Å². The molecule has 2 aromatic carbocycles. The van der Waals surface area contributed by atoms with Crippen LogP contribution in [0.2, 0.25) is 0 Å². The standard InChI is InChI=1S/C20H19FN2O4/c1-13-2-8-17(9-3-13)23-11-14(10-19(23)25)20(26)27-12-18(24)22-16-6-4-15(21)5-7-16/h2-9,14H,10-12H2,1H3,(H,22,24)/t14-/m0/s1. The van der Waals surface area contributed by atoms with Crippen LogP contribution >= 0.6 is 0 Å². The summed E-state index contributed by atoms with van der Waals surface area (Å²) in [4.78, 5) is 37.8. The Balaban J connectivity index is 1.51. The number of hydrogen-bond acceptors (Lipinski definition) is 4. The molecule has 0 aromatic heterocycles. The molecule has 0 aliphatic carbocycles. The minimum absolute atomic E-state index is 0.0479. The van der Waals surface area contributed by atoms with Gasteiger partial charge in [0.15, 0.2) is 6.61 Å². The van der Waals surface area contributed by atoms with Crippen LogP contribution in [0.25, 0.3) is 0 Å². The maximum absolute atomic E-state index is 12.8. The molecular formula is C20H19FN2O4. The monoisotopic (exact) mass is 370 g/mol. The molecule has 140 valence electrons. The third kappa shape index (κ3) is 4.69. The van der Waals surface area contributed by atoms with Gasteiger partial charge in [0, 0.05) is 24.3 Å². The maximum Gasteiger partial charge on any atom is 0.311 e. The molecule has 1 atom stereocenters. The summed E-state index contributed by atoms with van der Waals surface area (Å²) in [6.07, 6.45) is 0.0479. The third-order valence-corrected chi connectivity index (χ3v) is 4.28. The normalized spacial score (nSPS) is 16.3. The summed E-state index contributed by atoms with van der Waals surface area (Å²) in [7, 11) is 0. The Morgan fingerprint density at radius 1 is 1.15 bits per heavy atom. The van der Waals surface area contributed by atoms with Gasteiger partial charge in [0.05, 0.1) is 5.92 Å². The fraction of sp³-hybridized carbons (Fsp3) is 0.250. The second-order valence-electron chi connectivity index (χ2n) is 6.40. The van der Waals surface area contributed by atoms with Gasteiger partial charge in [-0.1, -0.05) is 17.7 Å². The van der Waals surface area contributed by atoms with Crippen LogP contribution in [0.15, 0.2) is 48.5 Å². The van der Waals surface area contributed by atoms with E-state index in [2.05, 4.69) is 5.32 Å². The van der Waals surface area contributed by atoms with Crippen molar-refractivity contribution in [3.8, 4) is 0 Å². The summed E-state index contributed by atoms with van der Waals surface area (Å²) in [5, 5.41) is 2.50. The second-order valence-corrected chi connectivity index (χ2v) is 6.40. The van der Waals surface area contributed by atoms with E-state index < -0.39 is 30.2 Å². The molecule has 6 nitrogen and oxygen atoms in total. The largest absolute Gasteiger partial charge is 0.455 e. The minimum Gasteiger partial charge on any atom is -0.455 e. The van der Waals surface area contributed by atoms with E-state index in [-0.39, 0.29) is 18.9 Å². The van der Waals surface area contributed by atoms with Crippen molar-refractivity contribution in [2.24, 2.45) is 5.92 Å². The van der Waals surface area contributed by atoms with Crippen molar-refractivity contribution in [3.05, 3.63) is 59.9 Å². The van der Waals surface area contributed by atoms with Crippen LogP contribution in [0, 0.1) is 18.7 Å². The average molecular weight is 370 g/mol. The summed E-state index contributed by atoms with van der Waals surface area (Å²) in [6.45, 7) is 1.71. The van der Waals surface area contributed by atoms with Gasteiger partial charge in [0.1, 0.15) is 5.82 Å². The quantitative estimate of drug-likeness (QED) is 0.821. The van der Waals surface area contributed by atoms with Crippen molar-refractivity contribution >= 4 is 29.2 Å². The predicted molar refractivity (Wildman–Crippen MR) is 97.6 cm³/mol. The van der Waals surface area contributed by atoms with Gasteiger partial charge in [-0.25, -0.2) is 4.39 Å². The van der Waals surface area contributed by atoms with Crippen molar-refractivity contribution in [1.82, 2.24) is 0 Å². The highest BCUT2D eigenvalue weighted by molar-refractivity contribution is 6.00. The van der Waals surface area contributed by atoms with Gasteiger partial charge in [-0.3, -0.25) is 14.4 Å². The van der Waals surface area contributed by atoms with Gasteiger partial charge >= 0.3 is 5.97 Å². The molecule has 1 saturated heterocycles. The van der Waals surface area contributed by atoms with E-state index in [0.717, 1.165) is 11.3 Å². The highest BCUT2D eigenvalue weighted by Gasteiger charge is 2.36. The lowest BCUT2D eigenvalue weighted by Crippen LogP contribution is -2.28. The number of carbonyl (C=O) groups excluding carboxylic acids is 3. The van der Waals surface area contributed by atoms with E-state index >= 15 is 0 Å². The topological polar surface area (TPSA) is 75.7 Å². The number of halogens is 1. The molecule has 1 heterocycles. The number of benzene rings is 2. The van der Waals surface area contributed by atoms with Crippen LogP contribution in [0.3, 0.4) is 0 Å². The number of carbonyl (C=O) groups is 3. The van der Waals surface area contributed by atoms with Crippen LogP contribution in [0.5, 0.6) is 0 Å². The zero-order chi connectivity index (χ0) is 19.4. The Labute approximate surface area is 155 Å². The summed E-state index contributed by atoms with van der Waals surface area (Å²) >= 11 is 0. The van der Waals surface area contributed by atoms with Gasteiger partial charge < -0.3 is 15.0 Å². The lowest BCUT2D eigenvalue weighted by Gasteiger charge is -2.16. The Bertz CT molecular complexity index is 849. The van der Waals surface area contributed by atoms with Crippen LogP contribution in [0.1, 0.15) is 12.0 Å². The van der Waals surface area contributed by atoms with E-state index in [9.17, 15) is 18.8 Å². The fourth-order valence-corrected chi connectivity index (χ4v) is 2.82. The zero-order valence-corrected chi connectivity index (χ0v) is 14.8. The van der Waals surface area contributed by atoms with E-state index in [1.807, 2.05) is 31.2 Å². The highest BCUT2D eigenvalue weighted by Crippen LogP contribution is 2.26. The molecular weight excluding hydrogens is 351 g/mol. The predicted octanol–water partition coefficient (Wildman–Crippen LogP) is 2.67. The summed E-state index contributed by atoms with van der Waals surface area (Å²) in [5.41, 5.74) is 2.21. The highest BCUT2D eigenvalue weighted by atomic mass is 19.1. The van der Waals surface area contributed by atoms with Crippen molar-refractivity contribution < 1.29 is 23.5 Å². The van der Waals surface area contributed by atoms with Gasteiger partial charge in [-0.15, -0.1) is 0 Å². The second kappa shape index (κ2) is 7.99. The van der Waals surface area contributed by atoms with Gasteiger partial charge in [-0.2, -0.15) is 0 Å². The van der Waals surface area contributed by atoms with Crippen molar-refractivity contribution in [2.75, 3.05) is 23.4 Å². The number of nitrogens with zero attached hydrogens (tertiary/aromatic N) is 1. The van der Waals surface area contributed by atoms with E-state index in [0.29, 0.717) is 5.69 Å². The number of hydrogen-bond donors (Lipinski definition) is 1. The third-order valence-electron chi connectivity index (χ3n) is 4.28. The Hall–Kier alpha value is -3.22. The van der Waals surface area contributed by atoms with Crippen molar-refractivity contribution in [2.45, 2.75) is 13.3 Å². The molecule has 1 aliphatic heterocycles. The number of ether oxygens (including phenoxy) is 1. The number of esters is 1. The molecule has 1 fully saturated rings. The first-order chi connectivity index (χ1) is 12.9. The Kier molecular flexibility index (Phi) is 5.49. The Morgan fingerprint density at radius 3 is 2.48 bits per heavy atom. The molecule has 0 spiro atoms. The first kappa shape index (κ1) is 18.6. The van der Waals surface area contributed by atoms with Crippen LogP contribution < -0.4 is 10.2 Å². The van der Waals surface area contributed by atoms with Gasteiger partial charge in [0.2, 0.25) is 5.91 Å². The number of nitrogens with one attached hydrogen (secondary N) is 1. The zero-order valence-electron chi connectivity index (χ0n) is 14.8. The molecule has 2 amide bonds. The molecule has 3 rings (SSSR count). The summed E-state index contributed by atoms with van der Waals surface area (Å²) < 4.78 is 17.9. The molecule has 1 aliphatic rings. The molecule has 0 radical (unpaired) electrons. The summed E-state index contributed by atoms with van der Waals surface area (Å²) in [5.74, 6) is -2.31. The Morgan fingerprint density at radius 2 is 1.81 bits per heavy atom. The first-order valence-electron chi connectivity index (χ1n) is 8.51. The maximum atomic E-state index is 12.8. The fourth-order valence-electron chi connectivity index (χ4n) is 2.82. The molecule has 1 N–H and O–H groups in total. The number of anilines is 2. The molecule has 0 bridgehead atoms. The lowest BCUT2D eigenvalue weighted by atomic mass is 10.1. The SMILES string of the molecule is Cc1ccc(N2C[C@@H](C(=O)OCC(=O)Nc3ccc(F)cc3)CC2=O)cc1. The van der Waals surface area contributed by atoms with Crippen LogP contribution in [-0.4, -0.2) is 30.9 Å². The van der Waals surface area contributed by atoms with Crippen molar-refractivity contribution in [1.29, 1.82) is 0 Å². The molecule has 0 saturated carbocycles. The molecule has 0 unspecified atom stereocenters. The van der Waals surface area contributed by atoms with Gasteiger partial charge in [-0.05, 0) is 43.3 Å². The number of aryl methyl sites for hydroxylation is 1. The van der Waals surface area contributed by atoms with Crippen LogP contribution in [0.4, 0.5) is 15.8 Å². The van der Waals surface area contributed by atoms with E-state index in [4.69, 9.17) is 4.74 Å². The number of amides is 2. The summed E-state index contributed by atoms with van der Waals surface area (Å²) in [6, 6.07) is 12.7. The molecule has 7 heteroatoms. The first-order valence-corrected chi connectivity index (χ1v) is 8.51. The molecule has 2 aromatic rings. The smallest absolute Gasteiger partial charge is 0.311 e. The minimum atomic E-state index is -0.613. The van der Waals surface area contributed by atoms with E-state index in [1.54, 1.807) is 4.90 Å². The lowest BCUT2D eigenvalue weighted by molar-refractivity contribution is -0.151. The number of rotatable bonds is 5. The van der Waals surface area contributed by atoms with Crippen LogP contribution in [-0.2, 0) is 19.1 Å². The van der Waals surface area contributed by atoms with E-state index in [1.165, 1.54) is 24.3 Å². The average Bonchev–Trinajstić information content (AvgIpc) is 3.04. The molecule has 27 heavy (non-hydrogen) atoms.